The van der Waals surface area contributed by atoms with Gasteiger partial charge < -0.3 is 15.0 Å². The van der Waals surface area contributed by atoms with E-state index in [9.17, 15) is 9.59 Å². The van der Waals surface area contributed by atoms with Gasteiger partial charge in [-0.1, -0.05) is 6.42 Å². The number of hydrogen-bond acceptors (Lipinski definition) is 4. The predicted molar refractivity (Wildman–Crippen MR) is 62.3 cm³/mol. The quantitative estimate of drug-likeness (QED) is 0.713. The Morgan fingerprint density at radius 3 is 2.76 bits per heavy atom. The monoisotopic (exact) mass is 240 g/mol. The molecule has 0 radical (unpaired) electrons. The molecule has 1 amide bonds. The summed E-state index contributed by atoms with van der Waals surface area (Å²) < 4.78 is 5.02. The topological polar surface area (TPSA) is 58.6 Å². The third-order valence-corrected chi connectivity index (χ3v) is 3.54. The number of carbonyl (C=O) groups excluding carboxylic acids is 2. The van der Waals surface area contributed by atoms with Gasteiger partial charge in [0.25, 0.3) is 0 Å². The van der Waals surface area contributed by atoms with Crippen molar-refractivity contribution in [3.63, 3.8) is 0 Å². The number of rotatable bonds is 3. The van der Waals surface area contributed by atoms with E-state index in [2.05, 4.69) is 5.32 Å². The lowest BCUT2D eigenvalue weighted by atomic mass is 9.84. The molecule has 1 aliphatic heterocycles. The Labute approximate surface area is 101 Å². The highest BCUT2D eigenvalue weighted by Gasteiger charge is 2.37. The summed E-state index contributed by atoms with van der Waals surface area (Å²) in [5, 5.41) is 3.14. The number of esters is 1. The average Bonchev–Trinajstić information content (AvgIpc) is 2.27. The molecule has 5 nitrogen and oxygen atoms in total. The van der Waals surface area contributed by atoms with Crippen molar-refractivity contribution >= 4 is 11.9 Å². The van der Waals surface area contributed by atoms with E-state index in [1.807, 2.05) is 0 Å². The highest BCUT2D eigenvalue weighted by Crippen LogP contribution is 2.29. The van der Waals surface area contributed by atoms with Gasteiger partial charge in [-0.2, -0.15) is 0 Å². The first-order chi connectivity index (χ1) is 8.24. The number of piperazine rings is 1. The van der Waals surface area contributed by atoms with Gasteiger partial charge in [0.1, 0.15) is 6.04 Å². The van der Waals surface area contributed by atoms with Gasteiger partial charge in [-0.15, -0.1) is 0 Å². The van der Waals surface area contributed by atoms with Crippen LogP contribution in [0.2, 0.25) is 0 Å². The fourth-order valence-electron chi connectivity index (χ4n) is 2.31. The number of amides is 1. The number of nitrogens with zero attached hydrogens (tertiary/aromatic N) is 1. The van der Waals surface area contributed by atoms with Crippen molar-refractivity contribution in [1.82, 2.24) is 10.2 Å². The van der Waals surface area contributed by atoms with Crippen LogP contribution in [0.5, 0.6) is 0 Å². The largest absolute Gasteiger partial charge is 0.464 e. The molecule has 1 heterocycles. The minimum Gasteiger partial charge on any atom is -0.464 e. The third kappa shape index (κ3) is 2.60. The van der Waals surface area contributed by atoms with Crippen LogP contribution in [0.25, 0.3) is 0 Å². The fraction of sp³-hybridized carbons (Fsp3) is 0.833. The highest BCUT2D eigenvalue weighted by molar-refractivity contribution is 5.86. The van der Waals surface area contributed by atoms with Gasteiger partial charge in [-0.05, 0) is 19.8 Å². The van der Waals surface area contributed by atoms with E-state index in [-0.39, 0.29) is 17.8 Å². The molecule has 1 saturated carbocycles. The lowest BCUT2D eigenvalue weighted by molar-refractivity contribution is -0.158. The van der Waals surface area contributed by atoms with Crippen molar-refractivity contribution in [3.05, 3.63) is 0 Å². The first-order valence-electron chi connectivity index (χ1n) is 6.42. The maximum Gasteiger partial charge on any atom is 0.330 e. The van der Waals surface area contributed by atoms with E-state index in [0.717, 1.165) is 25.8 Å². The molecule has 1 unspecified atom stereocenters. The van der Waals surface area contributed by atoms with Crippen LogP contribution in [0, 0.1) is 5.92 Å². The Bertz CT molecular complexity index is 302. The summed E-state index contributed by atoms with van der Waals surface area (Å²) in [4.78, 5) is 25.7. The number of nitrogens with one attached hydrogen (secondary N) is 1. The number of hydrogen-bond donors (Lipinski definition) is 1. The Morgan fingerprint density at radius 2 is 2.18 bits per heavy atom. The van der Waals surface area contributed by atoms with Gasteiger partial charge in [0, 0.05) is 25.6 Å². The van der Waals surface area contributed by atoms with Crippen molar-refractivity contribution in [2.45, 2.75) is 32.2 Å². The molecule has 0 aromatic heterocycles. The van der Waals surface area contributed by atoms with Gasteiger partial charge >= 0.3 is 5.97 Å². The Kier molecular flexibility index (Phi) is 3.99. The summed E-state index contributed by atoms with van der Waals surface area (Å²) >= 11 is 0. The molecule has 2 fully saturated rings. The normalized spacial score (nSPS) is 25.2. The smallest absolute Gasteiger partial charge is 0.330 e. The zero-order valence-electron chi connectivity index (χ0n) is 10.3. The lowest BCUT2D eigenvalue weighted by Crippen LogP contribution is -2.59. The molecule has 96 valence electrons. The summed E-state index contributed by atoms with van der Waals surface area (Å²) in [5.74, 6) is -0.00629. The summed E-state index contributed by atoms with van der Waals surface area (Å²) in [5.41, 5.74) is 0. The number of carbonyl (C=O) groups is 2. The molecule has 1 aliphatic carbocycles. The zero-order chi connectivity index (χ0) is 12.3. The standard InChI is InChI=1S/C12H20N2O3/c1-2-17-12(16)10-8-13-6-7-14(10)11(15)9-4-3-5-9/h9-10,13H,2-8H2,1H3. The van der Waals surface area contributed by atoms with Gasteiger partial charge in [0.15, 0.2) is 0 Å². The first-order valence-corrected chi connectivity index (χ1v) is 6.42. The molecule has 1 N–H and O–H groups in total. The van der Waals surface area contributed by atoms with Gasteiger partial charge in [-0.3, -0.25) is 4.79 Å². The lowest BCUT2D eigenvalue weighted by Gasteiger charge is -2.38. The first kappa shape index (κ1) is 12.4. The van der Waals surface area contributed by atoms with E-state index < -0.39 is 6.04 Å². The van der Waals surface area contributed by atoms with Crippen LogP contribution in [0.4, 0.5) is 0 Å². The fourth-order valence-corrected chi connectivity index (χ4v) is 2.31. The molecular weight excluding hydrogens is 220 g/mol. The molecule has 5 heteroatoms. The predicted octanol–water partition coefficient (Wildman–Crippen LogP) is 0.150. The summed E-state index contributed by atoms with van der Waals surface area (Å²) in [6, 6.07) is -0.434. The molecule has 0 spiro atoms. The third-order valence-electron chi connectivity index (χ3n) is 3.54. The van der Waals surface area contributed by atoms with Crippen molar-refractivity contribution in [2.24, 2.45) is 5.92 Å². The van der Waals surface area contributed by atoms with Crippen molar-refractivity contribution in [3.8, 4) is 0 Å². The molecule has 1 atom stereocenters. The second-order valence-corrected chi connectivity index (χ2v) is 4.63. The van der Waals surface area contributed by atoms with E-state index in [0.29, 0.717) is 19.7 Å². The van der Waals surface area contributed by atoms with Crippen molar-refractivity contribution < 1.29 is 14.3 Å². The van der Waals surface area contributed by atoms with Gasteiger partial charge in [0.2, 0.25) is 5.91 Å². The average molecular weight is 240 g/mol. The molecule has 0 aromatic rings. The van der Waals surface area contributed by atoms with Crippen LogP contribution in [-0.2, 0) is 14.3 Å². The molecular formula is C12H20N2O3. The second-order valence-electron chi connectivity index (χ2n) is 4.63. The Hall–Kier alpha value is -1.10. The maximum atomic E-state index is 12.2. The van der Waals surface area contributed by atoms with E-state index >= 15 is 0 Å². The summed E-state index contributed by atoms with van der Waals surface area (Å²) in [6.45, 7) is 4.03. The van der Waals surface area contributed by atoms with Crippen molar-refractivity contribution in [1.29, 1.82) is 0 Å². The zero-order valence-corrected chi connectivity index (χ0v) is 10.3. The molecule has 17 heavy (non-hydrogen) atoms. The maximum absolute atomic E-state index is 12.2. The number of ether oxygens (including phenoxy) is 1. The van der Waals surface area contributed by atoms with Crippen LogP contribution in [0.15, 0.2) is 0 Å². The molecule has 2 aliphatic rings. The van der Waals surface area contributed by atoms with Crippen LogP contribution < -0.4 is 5.32 Å². The van der Waals surface area contributed by atoms with E-state index in [1.165, 1.54) is 0 Å². The van der Waals surface area contributed by atoms with Crippen LogP contribution in [0.1, 0.15) is 26.2 Å². The minimum atomic E-state index is -0.434. The summed E-state index contributed by atoms with van der Waals surface area (Å²) in [6.07, 6.45) is 3.07. The SMILES string of the molecule is CCOC(=O)C1CNCCN1C(=O)C1CCC1. The molecule has 2 rings (SSSR count). The van der Waals surface area contributed by atoms with E-state index in [1.54, 1.807) is 11.8 Å². The van der Waals surface area contributed by atoms with Crippen LogP contribution in [0.3, 0.4) is 0 Å². The van der Waals surface area contributed by atoms with Gasteiger partial charge in [0.05, 0.1) is 6.61 Å². The molecule has 0 bridgehead atoms. The van der Waals surface area contributed by atoms with Crippen LogP contribution >= 0.6 is 0 Å². The van der Waals surface area contributed by atoms with Crippen molar-refractivity contribution in [2.75, 3.05) is 26.2 Å². The van der Waals surface area contributed by atoms with Gasteiger partial charge in [-0.25, -0.2) is 4.79 Å². The summed E-state index contributed by atoms with van der Waals surface area (Å²) in [7, 11) is 0. The Balaban J connectivity index is 2.00. The van der Waals surface area contributed by atoms with Crippen LogP contribution in [-0.4, -0.2) is 49.1 Å². The molecule has 0 aromatic carbocycles. The highest BCUT2D eigenvalue weighted by atomic mass is 16.5. The minimum absolute atomic E-state index is 0.135. The molecule has 1 saturated heterocycles. The second kappa shape index (κ2) is 5.49. The Morgan fingerprint density at radius 1 is 1.41 bits per heavy atom. The van der Waals surface area contributed by atoms with E-state index in [4.69, 9.17) is 4.74 Å².